The lowest BCUT2D eigenvalue weighted by Gasteiger charge is -2.36. The number of unbranched alkanes of at least 4 members (excludes halogenated alkanes) is 22. The molecule has 0 saturated heterocycles. The largest absolute Gasteiger partial charge is 0.462 e. The third-order valence-corrected chi connectivity index (χ3v) is 10.4. The summed E-state index contributed by atoms with van der Waals surface area (Å²) in [4.78, 5) is 27.5. The Morgan fingerprint density at radius 3 is 1.30 bits per heavy atom. The van der Waals surface area contributed by atoms with Gasteiger partial charge in [0.2, 0.25) is 0 Å². The molecule has 0 aromatic carbocycles. The second-order valence-electron chi connectivity index (χ2n) is 15.5. The lowest BCUT2D eigenvalue weighted by atomic mass is 9.99. The molecule has 0 saturated carbocycles. The van der Waals surface area contributed by atoms with Crippen molar-refractivity contribution in [2.24, 2.45) is 0 Å². The normalized spacial score (nSPS) is 12.8. The number of nitrogens with zero attached hydrogens (tertiary/aromatic N) is 1. The number of carbonyl (C=O) groups is 2. The molecule has 0 spiro atoms. The van der Waals surface area contributed by atoms with Gasteiger partial charge < -0.3 is 9.47 Å². The van der Waals surface area contributed by atoms with E-state index in [2.05, 4.69) is 70.9 Å². The van der Waals surface area contributed by atoms with Crippen molar-refractivity contribution >= 4 is 11.9 Å². The van der Waals surface area contributed by atoms with Crippen molar-refractivity contribution in [3.05, 3.63) is 24.3 Å². The molecule has 294 valence electrons. The summed E-state index contributed by atoms with van der Waals surface area (Å²) in [6.07, 6.45) is 42.9. The van der Waals surface area contributed by atoms with E-state index >= 15 is 0 Å². The van der Waals surface area contributed by atoms with Gasteiger partial charge in [0.15, 0.2) is 0 Å². The summed E-state index contributed by atoms with van der Waals surface area (Å²) in [5.74, 6) is -0.359. The Morgan fingerprint density at radius 1 is 0.540 bits per heavy atom. The molecule has 0 heterocycles. The van der Waals surface area contributed by atoms with Gasteiger partial charge in [-0.1, -0.05) is 148 Å². The van der Waals surface area contributed by atoms with Gasteiger partial charge in [-0.25, -0.2) is 0 Å². The third kappa shape index (κ3) is 32.3. The highest BCUT2D eigenvalue weighted by molar-refractivity contribution is 5.70. The molecule has 5 nitrogen and oxygen atoms in total. The lowest BCUT2D eigenvalue weighted by molar-refractivity contribution is -0.161. The van der Waals surface area contributed by atoms with Crippen LogP contribution in [-0.2, 0) is 19.1 Å². The molecule has 5 heteroatoms. The smallest absolute Gasteiger partial charge is 0.306 e. The molecule has 1 unspecified atom stereocenters. The molecule has 0 aliphatic heterocycles. The number of hydrogen-bond donors (Lipinski definition) is 0. The maximum absolute atomic E-state index is 12.8. The summed E-state index contributed by atoms with van der Waals surface area (Å²) < 4.78 is 11.5. The van der Waals surface area contributed by atoms with E-state index in [0.717, 1.165) is 51.4 Å². The van der Waals surface area contributed by atoms with Crippen LogP contribution in [0, 0.1) is 0 Å². The first-order valence-corrected chi connectivity index (χ1v) is 21.6. The molecule has 0 rings (SSSR count). The number of carbonyl (C=O) groups excluding carboxylic acids is 2. The summed E-state index contributed by atoms with van der Waals surface area (Å²) in [6.45, 7) is 11.8. The molecule has 0 aromatic heterocycles. The van der Waals surface area contributed by atoms with E-state index in [1.807, 2.05) is 0 Å². The molecule has 0 fully saturated rings. The van der Waals surface area contributed by atoms with E-state index in [0.29, 0.717) is 19.4 Å². The first-order chi connectivity index (χ1) is 24.3. The Bertz CT molecular complexity index is 820. The topological polar surface area (TPSA) is 55.8 Å². The van der Waals surface area contributed by atoms with Crippen LogP contribution in [0.2, 0.25) is 0 Å². The average Bonchev–Trinajstić information content (AvgIpc) is 3.10. The van der Waals surface area contributed by atoms with Gasteiger partial charge >= 0.3 is 11.9 Å². The van der Waals surface area contributed by atoms with Gasteiger partial charge in [-0.3, -0.25) is 14.5 Å². The highest BCUT2D eigenvalue weighted by Crippen LogP contribution is 2.18. The number of hydrogen-bond acceptors (Lipinski definition) is 5. The number of allylic oxidation sites excluding steroid dienone is 4. The zero-order chi connectivity index (χ0) is 37.0. The van der Waals surface area contributed by atoms with Gasteiger partial charge in [0.1, 0.15) is 12.7 Å². The van der Waals surface area contributed by atoms with E-state index in [4.69, 9.17) is 9.47 Å². The number of esters is 2. The predicted molar refractivity (Wildman–Crippen MR) is 217 cm³/mol. The van der Waals surface area contributed by atoms with E-state index in [-0.39, 0.29) is 24.1 Å². The van der Waals surface area contributed by atoms with Crippen LogP contribution >= 0.6 is 0 Å². The summed E-state index contributed by atoms with van der Waals surface area (Å²) in [7, 11) is 2.06. The average molecular weight is 704 g/mol. The SMILES string of the molecule is CCCCCCCC/C=C\CCCCCCCC(=O)OCC(CN(C)C(C)(C)CC)OC(=O)CCCCCCC/C=C\CCCCCCCC. The van der Waals surface area contributed by atoms with Crippen LogP contribution in [0.15, 0.2) is 24.3 Å². The fraction of sp³-hybridized carbons (Fsp3) is 0.867. The molecular formula is C45H85NO4. The van der Waals surface area contributed by atoms with Crippen molar-refractivity contribution in [1.82, 2.24) is 4.90 Å². The van der Waals surface area contributed by atoms with Gasteiger partial charge in [-0.15, -0.1) is 0 Å². The lowest BCUT2D eigenvalue weighted by Crippen LogP contribution is -2.46. The Balaban J connectivity index is 4.16. The van der Waals surface area contributed by atoms with Crippen LogP contribution in [-0.4, -0.2) is 48.7 Å². The van der Waals surface area contributed by atoms with Gasteiger partial charge in [0.05, 0.1) is 0 Å². The second-order valence-corrected chi connectivity index (χ2v) is 15.5. The molecule has 0 radical (unpaired) electrons. The molecule has 0 bridgehead atoms. The van der Waals surface area contributed by atoms with Gasteiger partial charge in [-0.05, 0) is 91.5 Å². The van der Waals surface area contributed by atoms with Crippen molar-refractivity contribution in [2.75, 3.05) is 20.2 Å². The molecule has 0 aliphatic carbocycles. The number of ether oxygens (including phenoxy) is 2. The first-order valence-electron chi connectivity index (χ1n) is 21.6. The second kappa shape index (κ2) is 35.8. The summed E-state index contributed by atoms with van der Waals surface area (Å²) in [6, 6.07) is 0. The van der Waals surface area contributed by atoms with Crippen LogP contribution in [0.3, 0.4) is 0 Å². The minimum Gasteiger partial charge on any atom is -0.462 e. The van der Waals surface area contributed by atoms with Crippen LogP contribution in [0.5, 0.6) is 0 Å². The Hall–Kier alpha value is -1.62. The molecule has 0 aromatic rings. The van der Waals surface area contributed by atoms with Crippen molar-refractivity contribution in [1.29, 1.82) is 0 Å². The minimum absolute atomic E-state index is 0.0260. The maximum atomic E-state index is 12.8. The van der Waals surface area contributed by atoms with Crippen LogP contribution < -0.4 is 0 Å². The van der Waals surface area contributed by atoms with Crippen molar-refractivity contribution in [3.63, 3.8) is 0 Å². The van der Waals surface area contributed by atoms with Crippen molar-refractivity contribution < 1.29 is 19.1 Å². The first kappa shape index (κ1) is 48.4. The highest BCUT2D eigenvalue weighted by atomic mass is 16.6. The van der Waals surface area contributed by atoms with Crippen molar-refractivity contribution in [2.45, 2.75) is 232 Å². The van der Waals surface area contributed by atoms with Crippen molar-refractivity contribution in [3.8, 4) is 0 Å². The summed E-state index contributed by atoms with van der Waals surface area (Å²) in [5, 5.41) is 0. The van der Waals surface area contributed by atoms with E-state index in [1.54, 1.807) is 0 Å². The Labute approximate surface area is 312 Å². The molecule has 0 N–H and O–H groups in total. The van der Waals surface area contributed by atoms with Gasteiger partial charge in [-0.2, -0.15) is 0 Å². The molecule has 0 aliphatic rings. The number of likely N-dealkylation sites (N-methyl/N-ethyl adjacent to an activating group) is 1. The minimum atomic E-state index is -0.445. The zero-order valence-electron chi connectivity index (χ0n) is 34.4. The Morgan fingerprint density at radius 2 is 0.900 bits per heavy atom. The van der Waals surface area contributed by atoms with Gasteiger partial charge in [0, 0.05) is 24.9 Å². The highest BCUT2D eigenvalue weighted by Gasteiger charge is 2.26. The van der Waals surface area contributed by atoms with Crippen LogP contribution in [0.25, 0.3) is 0 Å². The summed E-state index contributed by atoms with van der Waals surface area (Å²) in [5.41, 5.74) is -0.0260. The quantitative estimate of drug-likeness (QED) is 0.0366. The monoisotopic (exact) mass is 704 g/mol. The standard InChI is InChI=1S/C45H85NO4/c1-7-10-12-14-16-18-20-22-24-26-28-30-32-34-36-38-43(47)49-41-42(40-46(6)45(4,5)9-3)50-44(48)39-37-35-33-31-29-27-25-23-21-19-17-15-13-11-8-2/h22-25,42H,7-21,26-41H2,1-6H3/b24-22-,25-23-. The molecular weight excluding hydrogens is 618 g/mol. The third-order valence-electron chi connectivity index (χ3n) is 10.4. The van der Waals surface area contributed by atoms with Gasteiger partial charge in [0.25, 0.3) is 0 Å². The fourth-order valence-electron chi connectivity index (χ4n) is 6.13. The van der Waals surface area contributed by atoms with E-state index in [1.165, 1.54) is 122 Å². The van der Waals surface area contributed by atoms with E-state index < -0.39 is 6.10 Å². The fourth-order valence-corrected chi connectivity index (χ4v) is 6.13. The van der Waals surface area contributed by atoms with E-state index in [9.17, 15) is 9.59 Å². The molecule has 0 amide bonds. The zero-order valence-corrected chi connectivity index (χ0v) is 34.4. The Kier molecular flexibility index (Phi) is 34.6. The predicted octanol–water partition coefficient (Wildman–Crippen LogP) is 13.6. The maximum Gasteiger partial charge on any atom is 0.306 e. The van der Waals surface area contributed by atoms with Crippen LogP contribution in [0.1, 0.15) is 221 Å². The molecule has 1 atom stereocenters. The number of rotatable bonds is 37. The van der Waals surface area contributed by atoms with Crippen LogP contribution in [0.4, 0.5) is 0 Å². The summed E-state index contributed by atoms with van der Waals surface area (Å²) >= 11 is 0. The molecule has 50 heavy (non-hydrogen) atoms.